The van der Waals surface area contributed by atoms with Gasteiger partial charge in [-0.2, -0.15) is 0 Å². The van der Waals surface area contributed by atoms with Crippen LogP contribution in [0.5, 0.6) is 23.0 Å². The summed E-state index contributed by atoms with van der Waals surface area (Å²) in [5.41, 5.74) is 2.88. The Balaban J connectivity index is 1.43. The van der Waals surface area contributed by atoms with E-state index in [2.05, 4.69) is 4.99 Å². The number of carbonyl (C=O) groups is 2. The molecule has 0 bridgehead atoms. The van der Waals surface area contributed by atoms with Crippen LogP contribution in [-0.4, -0.2) is 39.6 Å². The molecule has 0 unspecified atom stereocenters. The van der Waals surface area contributed by atoms with Gasteiger partial charge in [-0.25, -0.2) is 4.99 Å². The molecule has 176 valence electrons. The molecule has 35 heavy (non-hydrogen) atoms. The zero-order valence-electron chi connectivity index (χ0n) is 18.6. The first-order valence-corrected chi connectivity index (χ1v) is 11.7. The fourth-order valence-electron chi connectivity index (χ4n) is 3.59. The fraction of sp³-hybridized carbons (Fsp3) is 0.115. The van der Waals surface area contributed by atoms with Gasteiger partial charge in [0.2, 0.25) is 6.79 Å². The molecule has 2 aliphatic heterocycles. The number of phenols is 2. The van der Waals surface area contributed by atoms with Crippen molar-refractivity contribution in [3.63, 3.8) is 0 Å². The predicted molar refractivity (Wildman–Crippen MR) is 133 cm³/mol. The van der Waals surface area contributed by atoms with Crippen molar-refractivity contribution >= 4 is 40.4 Å². The number of hydrogen-bond acceptors (Lipinski definition) is 8. The van der Waals surface area contributed by atoms with Crippen LogP contribution in [0.2, 0.25) is 0 Å². The van der Waals surface area contributed by atoms with Crippen molar-refractivity contribution in [3.05, 3.63) is 83.1 Å². The van der Waals surface area contributed by atoms with Gasteiger partial charge in [0.15, 0.2) is 33.9 Å². The maximum atomic E-state index is 13.4. The number of thioether (sulfide) groups is 1. The van der Waals surface area contributed by atoms with E-state index < -0.39 is 0 Å². The highest BCUT2D eigenvalue weighted by Crippen LogP contribution is 2.35. The topological polar surface area (TPSA) is 109 Å². The second-order valence-corrected chi connectivity index (χ2v) is 8.87. The number of phenolic OH excluding ortho intramolecular Hbond substituents is 2. The minimum atomic E-state index is -0.371. The third-order valence-corrected chi connectivity index (χ3v) is 6.39. The summed E-state index contributed by atoms with van der Waals surface area (Å²) in [6.07, 6.45) is 1.67. The van der Waals surface area contributed by atoms with Gasteiger partial charge in [0, 0.05) is 5.56 Å². The van der Waals surface area contributed by atoms with Gasteiger partial charge >= 0.3 is 0 Å². The lowest BCUT2D eigenvalue weighted by molar-refractivity contribution is -0.113. The maximum Gasteiger partial charge on any atom is 0.283 e. The summed E-state index contributed by atoms with van der Waals surface area (Å²) >= 11 is 1.12. The van der Waals surface area contributed by atoms with Crippen molar-refractivity contribution in [2.75, 3.05) is 17.4 Å². The number of ether oxygens (including phenoxy) is 2. The van der Waals surface area contributed by atoms with Gasteiger partial charge in [0.05, 0.1) is 11.4 Å². The second-order valence-electron chi connectivity index (χ2n) is 7.93. The van der Waals surface area contributed by atoms with Crippen LogP contribution in [0.25, 0.3) is 6.08 Å². The highest BCUT2D eigenvalue weighted by Gasteiger charge is 2.32. The van der Waals surface area contributed by atoms with E-state index in [1.807, 2.05) is 37.3 Å². The van der Waals surface area contributed by atoms with Crippen molar-refractivity contribution in [1.82, 2.24) is 0 Å². The van der Waals surface area contributed by atoms with Crippen molar-refractivity contribution in [1.29, 1.82) is 0 Å². The molecular formula is C26H20N2O6S. The van der Waals surface area contributed by atoms with E-state index >= 15 is 0 Å². The number of anilines is 1. The smallest absolute Gasteiger partial charge is 0.283 e. The number of Topliss-reactive ketones (excluding diaryl/α,β-unsaturated/α-hetero) is 1. The minimum absolute atomic E-state index is 0.0179. The Labute approximate surface area is 205 Å². The molecule has 1 amide bonds. The number of carbonyl (C=O) groups excluding carboxylic acids is 2. The molecule has 0 aliphatic carbocycles. The molecule has 5 rings (SSSR count). The van der Waals surface area contributed by atoms with Crippen LogP contribution in [0, 0.1) is 6.92 Å². The molecule has 0 saturated heterocycles. The highest BCUT2D eigenvalue weighted by atomic mass is 32.2. The minimum Gasteiger partial charge on any atom is -0.504 e. The van der Waals surface area contributed by atoms with Gasteiger partial charge in [0.25, 0.3) is 5.91 Å². The zero-order chi connectivity index (χ0) is 24.5. The van der Waals surface area contributed by atoms with E-state index in [-0.39, 0.29) is 47.0 Å². The Hall–Kier alpha value is -4.24. The van der Waals surface area contributed by atoms with Gasteiger partial charge in [-0.05, 0) is 61.0 Å². The van der Waals surface area contributed by atoms with E-state index in [9.17, 15) is 19.8 Å². The van der Waals surface area contributed by atoms with Crippen LogP contribution >= 0.6 is 11.8 Å². The Bertz CT molecular complexity index is 1400. The molecule has 3 aromatic rings. The average Bonchev–Trinajstić information content (AvgIpc) is 3.44. The first-order chi connectivity index (χ1) is 16.9. The van der Waals surface area contributed by atoms with E-state index in [0.717, 1.165) is 22.9 Å². The van der Waals surface area contributed by atoms with Crippen LogP contribution in [-0.2, 0) is 4.79 Å². The molecule has 0 atom stereocenters. The first-order valence-electron chi connectivity index (χ1n) is 10.7. The summed E-state index contributed by atoms with van der Waals surface area (Å²) in [5.74, 6) is -0.0450. The third-order valence-electron chi connectivity index (χ3n) is 5.45. The fourth-order valence-corrected chi connectivity index (χ4v) is 4.49. The Morgan fingerprint density at radius 3 is 2.57 bits per heavy atom. The maximum absolute atomic E-state index is 13.4. The van der Waals surface area contributed by atoms with E-state index in [1.165, 1.54) is 23.1 Å². The molecule has 3 aromatic carbocycles. The normalized spacial score (nSPS) is 15.6. The number of rotatable bonds is 5. The van der Waals surface area contributed by atoms with E-state index in [1.54, 1.807) is 18.2 Å². The number of fused-ring (bicyclic) bond motifs is 1. The second kappa shape index (κ2) is 9.19. The van der Waals surface area contributed by atoms with Gasteiger partial charge in [0.1, 0.15) is 5.70 Å². The number of nitrogens with zero attached hydrogens (tertiary/aromatic N) is 2. The van der Waals surface area contributed by atoms with Crippen molar-refractivity contribution in [2.45, 2.75) is 6.92 Å². The number of aryl methyl sites for hydroxylation is 1. The summed E-state index contributed by atoms with van der Waals surface area (Å²) < 4.78 is 10.8. The summed E-state index contributed by atoms with van der Waals surface area (Å²) in [6.45, 7) is 2.11. The van der Waals surface area contributed by atoms with Gasteiger partial charge < -0.3 is 19.7 Å². The molecule has 0 spiro atoms. The lowest BCUT2D eigenvalue weighted by Gasteiger charge is -2.18. The largest absolute Gasteiger partial charge is 0.504 e. The van der Waals surface area contributed by atoms with Crippen molar-refractivity contribution in [2.24, 2.45) is 4.99 Å². The molecule has 2 N–H and O–H groups in total. The zero-order valence-corrected chi connectivity index (χ0v) is 19.4. The molecular weight excluding hydrogens is 468 g/mol. The number of benzene rings is 3. The lowest BCUT2D eigenvalue weighted by Crippen LogP contribution is -2.30. The number of ketones is 1. The van der Waals surface area contributed by atoms with E-state index in [0.29, 0.717) is 22.4 Å². The SMILES string of the molecule is Cc1ccc(N2C(=O)/C(=C/c3ccc4c(c3)OCO4)N=C2SCC(=O)c2ccc(O)c(O)c2)cc1. The lowest BCUT2D eigenvalue weighted by atomic mass is 10.1. The number of hydrogen-bond donors (Lipinski definition) is 2. The van der Waals surface area contributed by atoms with Crippen LogP contribution in [0.4, 0.5) is 5.69 Å². The molecule has 8 nitrogen and oxygen atoms in total. The molecule has 2 heterocycles. The molecule has 0 radical (unpaired) electrons. The molecule has 0 fully saturated rings. The number of aliphatic imine (C=N–C) groups is 1. The first kappa shape index (κ1) is 22.5. The van der Waals surface area contributed by atoms with Gasteiger partial charge in [-0.15, -0.1) is 0 Å². The molecule has 9 heteroatoms. The number of amides is 1. The standard InChI is InChI=1S/C26H20N2O6S/c1-15-2-6-18(7-3-15)28-25(32)19(10-16-4-9-23-24(11-16)34-14-33-23)27-26(28)35-13-22(31)17-5-8-20(29)21(30)12-17/h2-12,29-30H,13-14H2,1H3/b19-10-. The third kappa shape index (κ3) is 4.58. The summed E-state index contributed by atoms with van der Waals surface area (Å²) in [5, 5.41) is 19.6. The van der Waals surface area contributed by atoms with E-state index in [4.69, 9.17) is 9.47 Å². The average molecular weight is 489 g/mol. The number of aromatic hydroxyl groups is 2. The quantitative estimate of drug-likeness (QED) is 0.309. The number of amidine groups is 1. The van der Waals surface area contributed by atoms with Crippen LogP contribution in [0.3, 0.4) is 0 Å². The van der Waals surface area contributed by atoms with Gasteiger partial charge in [-0.1, -0.05) is 35.5 Å². The van der Waals surface area contributed by atoms with Crippen LogP contribution in [0.1, 0.15) is 21.5 Å². The highest BCUT2D eigenvalue weighted by molar-refractivity contribution is 8.14. The molecule has 0 saturated carbocycles. The summed E-state index contributed by atoms with van der Waals surface area (Å²) in [6, 6.07) is 16.7. The Morgan fingerprint density at radius 2 is 1.80 bits per heavy atom. The van der Waals surface area contributed by atoms with Crippen molar-refractivity contribution in [3.8, 4) is 23.0 Å². The van der Waals surface area contributed by atoms with Gasteiger partial charge in [-0.3, -0.25) is 14.5 Å². The predicted octanol–water partition coefficient (Wildman–Crippen LogP) is 4.49. The Morgan fingerprint density at radius 1 is 1.03 bits per heavy atom. The van der Waals surface area contributed by atoms with Crippen LogP contribution < -0.4 is 14.4 Å². The Kier molecular flexibility index (Phi) is 5.92. The molecule has 0 aromatic heterocycles. The molecule has 2 aliphatic rings. The summed E-state index contributed by atoms with van der Waals surface area (Å²) in [7, 11) is 0. The van der Waals surface area contributed by atoms with Crippen molar-refractivity contribution < 1.29 is 29.3 Å². The van der Waals surface area contributed by atoms with Crippen LogP contribution in [0.15, 0.2) is 71.4 Å². The monoisotopic (exact) mass is 488 g/mol. The summed E-state index contributed by atoms with van der Waals surface area (Å²) in [4.78, 5) is 32.1.